The lowest BCUT2D eigenvalue weighted by molar-refractivity contribution is -0.165. The van der Waals surface area contributed by atoms with Crippen LogP contribution in [-0.2, 0) is 33.3 Å². The van der Waals surface area contributed by atoms with Crippen molar-refractivity contribution in [3.05, 3.63) is 0 Å². The van der Waals surface area contributed by atoms with Crippen molar-refractivity contribution in [3.8, 4) is 0 Å². The fourth-order valence-corrected chi connectivity index (χ4v) is 2.35. The van der Waals surface area contributed by atoms with Gasteiger partial charge in [-0.25, -0.2) is 0 Å². The third kappa shape index (κ3) is 4.79. The van der Waals surface area contributed by atoms with Crippen molar-refractivity contribution in [2.24, 2.45) is 0 Å². The van der Waals surface area contributed by atoms with Crippen molar-refractivity contribution >= 4 is 33.8 Å². The number of carbonyl (C=O) groups excluding carboxylic acids is 3. The zero-order valence-electron chi connectivity index (χ0n) is 10.8. The standard InChI is InChI=1S/C11H15BrO7/c1-5(13)16-4-8-9(17-6(2)14)10(11(12)19-8)18-7(3)15/h8-11H,4H2,1-3H3/t8-,9+,10?,11-/m1/s1. The summed E-state index contributed by atoms with van der Waals surface area (Å²) in [4.78, 5) is 32.9. The Kier molecular flexibility index (Phi) is 5.74. The number of hydrogen-bond acceptors (Lipinski definition) is 7. The zero-order chi connectivity index (χ0) is 14.6. The second-order valence-electron chi connectivity index (χ2n) is 3.98. The van der Waals surface area contributed by atoms with Crippen molar-refractivity contribution in [1.82, 2.24) is 0 Å². The maximum absolute atomic E-state index is 11.1. The van der Waals surface area contributed by atoms with Gasteiger partial charge in [0, 0.05) is 20.8 Å². The van der Waals surface area contributed by atoms with Gasteiger partial charge >= 0.3 is 17.9 Å². The minimum atomic E-state index is -0.829. The third-order valence-corrected chi connectivity index (χ3v) is 3.05. The molecule has 7 nitrogen and oxygen atoms in total. The predicted octanol–water partition coefficient (Wildman–Crippen LogP) is 0.533. The van der Waals surface area contributed by atoms with Crippen LogP contribution < -0.4 is 0 Å². The van der Waals surface area contributed by atoms with Crippen LogP contribution >= 0.6 is 15.9 Å². The summed E-state index contributed by atoms with van der Waals surface area (Å²) in [5, 5.41) is -0.638. The van der Waals surface area contributed by atoms with Crippen molar-refractivity contribution in [2.45, 2.75) is 44.1 Å². The molecule has 4 atom stereocenters. The molecule has 1 aliphatic heterocycles. The Bertz CT molecular complexity index is 370. The molecule has 108 valence electrons. The van der Waals surface area contributed by atoms with Crippen LogP contribution in [0.1, 0.15) is 20.8 Å². The summed E-state index contributed by atoms with van der Waals surface area (Å²) in [5.74, 6) is -1.55. The molecule has 0 aliphatic carbocycles. The Balaban J connectivity index is 2.76. The molecule has 0 amide bonds. The zero-order valence-corrected chi connectivity index (χ0v) is 12.3. The lowest BCUT2D eigenvalue weighted by Gasteiger charge is -2.22. The number of ether oxygens (including phenoxy) is 4. The van der Waals surface area contributed by atoms with Gasteiger partial charge in [-0.05, 0) is 0 Å². The van der Waals surface area contributed by atoms with E-state index in [4.69, 9.17) is 18.9 Å². The molecule has 1 rings (SSSR count). The minimum Gasteiger partial charge on any atom is -0.463 e. The fourth-order valence-electron chi connectivity index (χ4n) is 1.66. The number of hydrogen-bond donors (Lipinski definition) is 0. The molecule has 0 aromatic rings. The Hall–Kier alpha value is -1.15. The smallest absolute Gasteiger partial charge is 0.303 e. The molecule has 1 fully saturated rings. The van der Waals surface area contributed by atoms with E-state index >= 15 is 0 Å². The molecular weight excluding hydrogens is 324 g/mol. The molecule has 0 bridgehead atoms. The molecule has 0 aromatic carbocycles. The van der Waals surface area contributed by atoms with Crippen LogP contribution in [0, 0.1) is 0 Å². The van der Waals surface area contributed by atoms with Gasteiger partial charge in [0.05, 0.1) is 0 Å². The van der Waals surface area contributed by atoms with Gasteiger partial charge in [-0.15, -0.1) is 0 Å². The van der Waals surface area contributed by atoms with Crippen molar-refractivity contribution in [1.29, 1.82) is 0 Å². The minimum absolute atomic E-state index is 0.0901. The molecule has 1 aliphatic rings. The van der Waals surface area contributed by atoms with Crippen LogP contribution in [0.2, 0.25) is 0 Å². The Morgan fingerprint density at radius 1 is 1.00 bits per heavy atom. The van der Waals surface area contributed by atoms with Gasteiger partial charge in [-0.2, -0.15) is 0 Å². The molecule has 8 heteroatoms. The average Bonchev–Trinajstić information content (AvgIpc) is 2.53. The van der Waals surface area contributed by atoms with Crippen LogP contribution in [-0.4, -0.2) is 47.8 Å². The molecular formula is C11H15BrO7. The maximum Gasteiger partial charge on any atom is 0.303 e. The molecule has 1 heterocycles. The van der Waals surface area contributed by atoms with E-state index in [0.29, 0.717) is 0 Å². The highest BCUT2D eigenvalue weighted by Crippen LogP contribution is 2.30. The first-order chi connectivity index (χ1) is 8.81. The third-order valence-electron chi connectivity index (χ3n) is 2.31. The van der Waals surface area contributed by atoms with E-state index in [-0.39, 0.29) is 6.61 Å². The molecule has 1 saturated heterocycles. The number of esters is 3. The molecule has 0 N–H and O–H groups in total. The summed E-state index contributed by atoms with van der Waals surface area (Å²) >= 11 is 3.18. The maximum atomic E-state index is 11.1. The number of alkyl halides is 1. The quantitative estimate of drug-likeness (QED) is 0.419. The molecule has 0 radical (unpaired) electrons. The van der Waals surface area contributed by atoms with Crippen LogP contribution in [0.5, 0.6) is 0 Å². The van der Waals surface area contributed by atoms with Crippen LogP contribution in [0.15, 0.2) is 0 Å². The van der Waals surface area contributed by atoms with Gasteiger partial charge in [0.25, 0.3) is 0 Å². The normalized spacial score (nSPS) is 29.7. The summed E-state index contributed by atoms with van der Waals surface area (Å²) in [5.41, 5.74) is 0. The Morgan fingerprint density at radius 3 is 2.00 bits per heavy atom. The summed E-state index contributed by atoms with van der Waals surface area (Å²) in [6, 6.07) is 0. The topological polar surface area (TPSA) is 88.1 Å². The van der Waals surface area contributed by atoms with Crippen molar-refractivity contribution in [2.75, 3.05) is 6.61 Å². The van der Waals surface area contributed by atoms with E-state index in [1.807, 2.05) is 0 Å². The average molecular weight is 339 g/mol. The highest BCUT2D eigenvalue weighted by molar-refractivity contribution is 9.09. The first-order valence-corrected chi connectivity index (χ1v) is 6.50. The monoisotopic (exact) mass is 338 g/mol. The van der Waals surface area contributed by atoms with Crippen molar-refractivity contribution in [3.63, 3.8) is 0 Å². The largest absolute Gasteiger partial charge is 0.463 e. The van der Waals surface area contributed by atoms with Gasteiger partial charge in [0.2, 0.25) is 0 Å². The molecule has 0 saturated carbocycles. The number of halogens is 1. The first kappa shape index (κ1) is 15.9. The molecule has 19 heavy (non-hydrogen) atoms. The molecule has 0 spiro atoms. The van der Waals surface area contributed by atoms with Crippen LogP contribution in [0.25, 0.3) is 0 Å². The van der Waals surface area contributed by atoms with Gasteiger partial charge < -0.3 is 18.9 Å². The predicted molar refractivity (Wildman–Crippen MR) is 65.3 cm³/mol. The van der Waals surface area contributed by atoms with Crippen LogP contribution in [0.3, 0.4) is 0 Å². The van der Waals surface area contributed by atoms with E-state index < -0.39 is 41.2 Å². The fraction of sp³-hybridized carbons (Fsp3) is 0.727. The highest BCUT2D eigenvalue weighted by atomic mass is 79.9. The van der Waals surface area contributed by atoms with Gasteiger partial charge in [-0.1, -0.05) is 15.9 Å². The highest BCUT2D eigenvalue weighted by Gasteiger charge is 2.48. The summed E-state index contributed by atoms with van der Waals surface area (Å²) in [6.45, 7) is 3.64. The van der Waals surface area contributed by atoms with E-state index in [0.717, 1.165) is 0 Å². The second kappa shape index (κ2) is 6.85. The number of carbonyl (C=O) groups is 3. The van der Waals surface area contributed by atoms with E-state index in [1.165, 1.54) is 20.8 Å². The number of rotatable bonds is 4. The molecule has 0 aromatic heterocycles. The van der Waals surface area contributed by atoms with Crippen molar-refractivity contribution < 1.29 is 33.3 Å². The summed E-state index contributed by atoms with van der Waals surface area (Å²) in [6.07, 6.45) is -2.31. The molecule has 1 unspecified atom stereocenters. The lowest BCUT2D eigenvalue weighted by atomic mass is 10.1. The summed E-state index contributed by atoms with van der Waals surface area (Å²) in [7, 11) is 0. The lowest BCUT2D eigenvalue weighted by Crippen LogP contribution is -2.40. The van der Waals surface area contributed by atoms with E-state index in [9.17, 15) is 14.4 Å². The van der Waals surface area contributed by atoms with E-state index in [1.54, 1.807) is 0 Å². The van der Waals surface area contributed by atoms with Gasteiger partial charge in [0.15, 0.2) is 17.2 Å². The van der Waals surface area contributed by atoms with E-state index in [2.05, 4.69) is 15.9 Å². The SMILES string of the molecule is CC(=O)OC[C@H]1O[C@@H](Br)C(OC(C)=O)[C@H]1OC(C)=O. The second-order valence-corrected chi connectivity index (χ2v) is 4.88. The van der Waals surface area contributed by atoms with Gasteiger partial charge in [-0.3, -0.25) is 14.4 Å². The van der Waals surface area contributed by atoms with Crippen LogP contribution in [0.4, 0.5) is 0 Å². The first-order valence-electron chi connectivity index (χ1n) is 5.58. The van der Waals surface area contributed by atoms with Gasteiger partial charge in [0.1, 0.15) is 12.7 Å². The Morgan fingerprint density at radius 2 is 1.53 bits per heavy atom. The Labute approximate surface area is 118 Å². The summed E-state index contributed by atoms with van der Waals surface area (Å²) < 4.78 is 20.4.